The molecule has 0 unspecified atom stereocenters. The zero-order valence-corrected chi connectivity index (χ0v) is 10.4. The second-order valence-corrected chi connectivity index (χ2v) is 4.28. The number of phenolic OH excluding ortho intramolecular Hbond substituents is 1. The van der Waals surface area contributed by atoms with E-state index in [4.69, 9.17) is 5.73 Å². The van der Waals surface area contributed by atoms with Crippen molar-refractivity contribution in [3.63, 3.8) is 0 Å². The minimum absolute atomic E-state index is 0. The van der Waals surface area contributed by atoms with Crippen LogP contribution in [0.5, 0.6) is 5.75 Å². The van der Waals surface area contributed by atoms with Crippen molar-refractivity contribution in [2.75, 3.05) is 0 Å². The van der Waals surface area contributed by atoms with E-state index < -0.39 is 12.1 Å². The first kappa shape index (κ1) is 15.2. The van der Waals surface area contributed by atoms with Gasteiger partial charge in [-0.2, -0.15) is 0 Å². The maximum absolute atomic E-state index is 9.83. The van der Waals surface area contributed by atoms with Gasteiger partial charge < -0.3 is 15.9 Å². The van der Waals surface area contributed by atoms with Crippen LogP contribution in [0.25, 0.3) is 0 Å². The van der Waals surface area contributed by atoms with Crippen LogP contribution in [0.15, 0.2) is 24.3 Å². The summed E-state index contributed by atoms with van der Waals surface area (Å²) in [5.41, 5.74) is 6.48. The van der Waals surface area contributed by atoms with Crippen LogP contribution in [0.3, 0.4) is 0 Å². The van der Waals surface area contributed by atoms with Crippen LogP contribution in [0.4, 0.5) is 0 Å². The Morgan fingerprint density at radius 2 is 1.81 bits per heavy atom. The highest BCUT2D eigenvalue weighted by atomic mass is 35.5. The molecule has 1 aromatic carbocycles. The van der Waals surface area contributed by atoms with Crippen molar-refractivity contribution in [1.29, 1.82) is 0 Å². The summed E-state index contributed by atoms with van der Waals surface area (Å²) in [4.78, 5) is 0. The molecule has 0 radical (unpaired) electrons. The second kappa shape index (κ2) is 6.74. The van der Waals surface area contributed by atoms with Crippen molar-refractivity contribution in [2.45, 2.75) is 32.4 Å². The highest BCUT2D eigenvalue weighted by Crippen LogP contribution is 2.26. The number of aliphatic hydroxyl groups is 1. The third-order valence-electron chi connectivity index (χ3n) is 2.42. The van der Waals surface area contributed by atoms with Gasteiger partial charge in [0.2, 0.25) is 0 Å². The SMILES string of the molecule is CC(C)C[C@@H](O)[C@@H](N)c1ccccc1O.Cl. The molecule has 0 heterocycles. The van der Waals surface area contributed by atoms with Gasteiger partial charge in [0.05, 0.1) is 12.1 Å². The maximum Gasteiger partial charge on any atom is 0.120 e. The molecule has 1 rings (SSSR count). The molecule has 0 amide bonds. The van der Waals surface area contributed by atoms with E-state index >= 15 is 0 Å². The lowest BCUT2D eigenvalue weighted by atomic mass is 9.95. The van der Waals surface area contributed by atoms with Crippen LogP contribution in [-0.4, -0.2) is 16.3 Å². The Bertz CT molecular complexity index is 318. The Labute approximate surface area is 103 Å². The third kappa shape index (κ3) is 4.00. The first-order valence-electron chi connectivity index (χ1n) is 5.24. The topological polar surface area (TPSA) is 66.5 Å². The van der Waals surface area contributed by atoms with Crippen molar-refractivity contribution in [2.24, 2.45) is 11.7 Å². The number of phenols is 1. The molecule has 0 fully saturated rings. The Morgan fingerprint density at radius 1 is 1.25 bits per heavy atom. The number of aliphatic hydroxyl groups excluding tert-OH is 1. The summed E-state index contributed by atoms with van der Waals surface area (Å²) in [5.74, 6) is 0.532. The van der Waals surface area contributed by atoms with Gasteiger partial charge in [0.1, 0.15) is 5.75 Å². The second-order valence-electron chi connectivity index (χ2n) is 4.28. The molecular formula is C12H20ClNO2. The van der Waals surface area contributed by atoms with Crippen LogP contribution in [0, 0.1) is 5.92 Å². The van der Waals surface area contributed by atoms with E-state index in [1.807, 2.05) is 13.8 Å². The van der Waals surface area contributed by atoms with Gasteiger partial charge in [-0.25, -0.2) is 0 Å². The maximum atomic E-state index is 9.83. The Kier molecular flexibility index (Phi) is 6.41. The van der Waals surface area contributed by atoms with Crippen molar-refractivity contribution >= 4 is 12.4 Å². The lowest BCUT2D eigenvalue weighted by Gasteiger charge is -2.21. The van der Waals surface area contributed by atoms with Gasteiger partial charge in [0, 0.05) is 5.56 Å². The average molecular weight is 246 g/mol. The smallest absolute Gasteiger partial charge is 0.120 e. The van der Waals surface area contributed by atoms with Gasteiger partial charge in [-0.1, -0.05) is 32.0 Å². The van der Waals surface area contributed by atoms with Gasteiger partial charge in [-0.05, 0) is 18.4 Å². The normalized spacial score (nSPS) is 14.3. The van der Waals surface area contributed by atoms with Crippen LogP contribution in [0.2, 0.25) is 0 Å². The zero-order chi connectivity index (χ0) is 11.4. The molecule has 0 bridgehead atoms. The lowest BCUT2D eigenvalue weighted by molar-refractivity contribution is 0.120. The van der Waals surface area contributed by atoms with E-state index in [0.717, 1.165) is 0 Å². The molecule has 3 nitrogen and oxygen atoms in total. The standard InChI is InChI=1S/C12H19NO2.ClH/c1-8(2)7-11(15)12(13)9-5-3-4-6-10(9)14;/h3-6,8,11-12,14-15H,7,13H2,1-2H3;1H/t11-,12+;/m1./s1. The molecule has 0 aliphatic carbocycles. The quantitative estimate of drug-likeness (QED) is 0.762. The molecule has 92 valence electrons. The number of hydrogen-bond acceptors (Lipinski definition) is 3. The lowest BCUT2D eigenvalue weighted by Crippen LogP contribution is -2.27. The van der Waals surface area contributed by atoms with Crippen LogP contribution >= 0.6 is 12.4 Å². The predicted molar refractivity (Wildman–Crippen MR) is 67.7 cm³/mol. The molecular weight excluding hydrogens is 226 g/mol. The van der Waals surface area contributed by atoms with Crippen LogP contribution in [0.1, 0.15) is 31.9 Å². The Hall–Kier alpha value is -0.770. The van der Waals surface area contributed by atoms with E-state index in [9.17, 15) is 10.2 Å². The van der Waals surface area contributed by atoms with Gasteiger partial charge >= 0.3 is 0 Å². The van der Waals surface area contributed by atoms with E-state index in [1.165, 1.54) is 0 Å². The van der Waals surface area contributed by atoms with Crippen LogP contribution < -0.4 is 5.73 Å². The number of rotatable bonds is 4. The highest BCUT2D eigenvalue weighted by Gasteiger charge is 2.20. The summed E-state index contributed by atoms with van der Waals surface area (Å²) < 4.78 is 0. The van der Waals surface area contributed by atoms with Crippen LogP contribution in [-0.2, 0) is 0 Å². The molecule has 4 heteroatoms. The summed E-state index contributed by atoms with van der Waals surface area (Å²) in [7, 11) is 0. The summed E-state index contributed by atoms with van der Waals surface area (Å²) in [5, 5.41) is 19.4. The fourth-order valence-electron chi connectivity index (χ4n) is 1.61. The molecule has 0 spiro atoms. The minimum Gasteiger partial charge on any atom is -0.508 e. The summed E-state index contributed by atoms with van der Waals surface area (Å²) in [6.07, 6.45) is 0.0217. The van der Waals surface area contributed by atoms with Gasteiger partial charge in [0.25, 0.3) is 0 Å². The molecule has 4 N–H and O–H groups in total. The Balaban J connectivity index is 0.00000225. The van der Waals surface area contributed by atoms with Gasteiger partial charge in [-0.3, -0.25) is 0 Å². The number of aromatic hydroxyl groups is 1. The molecule has 1 aromatic rings. The Morgan fingerprint density at radius 3 is 2.31 bits per heavy atom. The number of para-hydroxylation sites is 1. The summed E-state index contributed by atoms with van der Waals surface area (Å²) >= 11 is 0. The fraction of sp³-hybridized carbons (Fsp3) is 0.500. The summed E-state index contributed by atoms with van der Waals surface area (Å²) in [6.45, 7) is 4.06. The largest absolute Gasteiger partial charge is 0.508 e. The molecule has 0 aliphatic rings. The number of nitrogens with two attached hydrogens (primary N) is 1. The highest BCUT2D eigenvalue weighted by molar-refractivity contribution is 5.85. The number of halogens is 1. The van der Waals surface area contributed by atoms with E-state index in [1.54, 1.807) is 24.3 Å². The van der Waals surface area contributed by atoms with Crippen molar-refractivity contribution in [3.05, 3.63) is 29.8 Å². The molecule has 0 saturated heterocycles. The number of benzene rings is 1. The molecule has 0 aromatic heterocycles. The molecule has 2 atom stereocenters. The van der Waals surface area contributed by atoms with E-state index in [-0.39, 0.29) is 18.2 Å². The van der Waals surface area contributed by atoms with Crippen molar-refractivity contribution in [1.82, 2.24) is 0 Å². The number of hydrogen-bond donors (Lipinski definition) is 3. The minimum atomic E-state index is -0.613. The predicted octanol–water partition coefficient (Wildman–Crippen LogP) is 2.22. The summed E-state index contributed by atoms with van der Waals surface area (Å²) in [6, 6.07) is 6.34. The molecule has 0 aliphatic heterocycles. The average Bonchev–Trinajstić information content (AvgIpc) is 2.16. The molecule has 0 saturated carbocycles. The van der Waals surface area contributed by atoms with E-state index in [0.29, 0.717) is 17.9 Å². The first-order valence-corrected chi connectivity index (χ1v) is 5.24. The third-order valence-corrected chi connectivity index (χ3v) is 2.42. The van der Waals surface area contributed by atoms with Gasteiger partial charge in [0.15, 0.2) is 0 Å². The first-order chi connectivity index (χ1) is 7.02. The monoisotopic (exact) mass is 245 g/mol. The van der Waals surface area contributed by atoms with Crippen molar-refractivity contribution in [3.8, 4) is 5.75 Å². The molecule has 16 heavy (non-hydrogen) atoms. The fourth-order valence-corrected chi connectivity index (χ4v) is 1.61. The van der Waals surface area contributed by atoms with E-state index in [2.05, 4.69) is 0 Å². The van der Waals surface area contributed by atoms with Crippen molar-refractivity contribution < 1.29 is 10.2 Å². The van der Waals surface area contributed by atoms with Gasteiger partial charge in [-0.15, -0.1) is 12.4 Å². The zero-order valence-electron chi connectivity index (χ0n) is 9.63.